The molecule has 0 aromatic carbocycles. The van der Waals surface area contributed by atoms with E-state index in [0.29, 0.717) is 6.42 Å². The van der Waals surface area contributed by atoms with E-state index in [2.05, 4.69) is 12.2 Å². The van der Waals surface area contributed by atoms with Crippen molar-refractivity contribution in [1.29, 1.82) is 0 Å². The topological polar surface area (TPSA) is 55.5 Å². The number of hydrogen-bond donors (Lipinski definition) is 2. The minimum atomic E-state index is -0.437. The molecule has 80 valence electrons. The second-order valence-electron chi connectivity index (χ2n) is 3.80. The third-order valence-corrected chi connectivity index (χ3v) is 2.49. The molecule has 3 N–H and O–H groups in total. The zero-order valence-electron chi connectivity index (χ0n) is 8.76. The highest BCUT2D eigenvalue weighted by molar-refractivity contribution is 5.15. The number of nitrogens with two attached hydrogens (primary N) is 1. The van der Waals surface area contributed by atoms with Crippen LogP contribution in [0.1, 0.15) is 13.3 Å². The fourth-order valence-corrected chi connectivity index (χ4v) is 1.44. The van der Waals surface area contributed by atoms with Gasteiger partial charge < -0.3 is 15.6 Å². The van der Waals surface area contributed by atoms with Gasteiger partial charge in [0, 0.05) is 13.2 Å². The van der Waals surface area contributed by atoms with Crippen molar-refractivity contribution < 1.29 is 9.84 Å². The van der Waals surface area contributed by atoms with E-state index in [1.807, 2.05) is 19.1 Å². The Bertz CT molecular complexity index is 209. The van der Waals surface area contributed by atoms with Gasteiger partial charge in [0.15, 0.2) is 0 Å². The van der Waals surface area contributed by atoms with Gasteiger partial charge >= 0.3 is 0 Å². The van der Waals surface area contributed by atoms with E-state index in [1.165, 1.54) is 0 Å². The number of aliphatic hydroxyl groups is 1. The Labute approximate surface area is 85.3 Å². The molecule has 3 nitrogen and oxygen atoms in total. The van der Waals surface area contributed by atoms with Crippen molar-refractivity contribution >= 4 is 0 Å². The molecule has 0 bridgehead atoms. The van der Waals surface area contributed by atoms with Crippen LogP contribution in [0.15, 0.2) is 24.3 Å². The van der Waals surface area contributed by atoms with Gasteiger partial charge in [-0.15, -0.1) is 0 Å². The maximum atomic E-state index is 9.58. The highest BCUT2D eigenvalue weighted by Crippen LogP contribution is 2.17. The number of allylic oxidation sites excluding steroid dienone is 2. The molecule has 0 aliphatic heterocycles. The first-order valence-corrected chi connectivity index (χ1v) is 4.96. The molecule has 0 saturated carbocycles. The SMILES string of the molecule is COC1C=CC(C[C@H](O)[C@H](C)N)C=C1. The quantitative estimate of drug-likeness (QED) is 0.657. The zero-order chi connectivity index (χ0) is 10.6. The van der Waals surface area contributed by atoms with Crippen LogP contribution < -0.4 is 5.73 Å². The van der Waals surface area contributed by atoms with Crippen molar-refractivity contribution in [2.24, 2.45) is 11.7 Å². The summed E-state index contributed by atoms with van der Waals surface area (Å²) in [6.45, 7) is 1.82. The maximum absolute atomic E-state index is 9.58. The van der Waals surface area contributed by atoms with Crippen molar-refractivity contribution in [2.45, 2.75) is 31.6 Å². The molecule has 0 heterocycles. The van der Waals surface area contributed by atoms with E-state index < -0.39 is 6.10 Å². The van der Waals surface area contributed by atoms with Crippen LogP contribution in [0, 0.1) is 5.92 Å². The fourth-order valence-electron chi connectivity index (χ4n) is 1.44. The summed E-state index contributed by atoms with van der Waals surface area (Å²) in [6, 6.07) is -0.169. The maximum Gasteiger partial charge on any atom is 0.0934 e. The van der Waals surface area contributed by atoms with Crippen molar-refractivity contribution in [3.05, 3.63) is 24.3 Å². The first kappa shape index (κ1) is 11.4. The number of ether oxygens (including phenoxy) is 1. The lowest BCUT2D eigenvalue weighted by atomic mass is 9.94. The highest BCUT2D eigenvalue weighted by Gasteiger charge is 2.16. The lowest BCUT2D eigenvalue weighted by molar-refractivity contribution is 0.132. The Balaban J connectivity index is 2.39. The molecule has 0 amide bonds. The van der Waals surface area contributed by atoms with E-state index >= 15 is 0 Å². The van der Waals surface area contributed by atoms with E-state index in [9.17, 15) is 5.11 Å². The summed E-state index contributed by atoms with van der Waals surface area (Å²) in [5.74, 6) is 0.280. The summed E-state index contributed by atoms with van der Waals surface area (Å²) >= 11 is 0. The third-order valence-electron chi connectivity index (χ3n) is 2.49. The molecule has 0 aromatic heterocycles. The second-order valence-corrected chi connectivity index (χ2v) is 3.80. The number of methoxy groups -OCH3 is 1. The van der Waals surface area contributed by atoms with Crippen LogP contribution in [0.5, 0.6) is 0 Å². The van der Waals surface area contributed by atoms with Gasteiger partial charge in [0.2, 0.25) is 0 Å². The van der Waals surface area contributed by atoms with Gasteiger partial charge in [0.05, 0.1) is 12.2 Å². The van der Waals surface area contributed by atoms with Gasteiger partial charge in [-0.3, -0.25) is 0 Å². The molecule has 14 heavy (non-hydrogen) atoms. The Kier molecular flexibility index (Phi) is 4.32. The Morgan fingerprint density at radius 2 is 1.93 bits per heavy atom. The van der Waals surface area contributed by atoms with Crippen LogP contribution in [-0.4, -0.2) is 30.5 Å². The molecule has 1 rings (SSSR count). The van der Waals surface area contributed by atoms with Crippen LogP contribution in [-0.2, 0) is 4.74 Å². The lowest BCUT2D eigenvalue weighted by Gasteiger charge is -2.20. The van der Waals surface area contributed by atoms with E-state index in [-0.39, 0.29) is 18.1 Å². The highest BCUT2D eigenvalue weighted by atomic mass is 16.5. The molecular weight excluding hydrogens is 178 g/mol. The largest absolute Gasteiger partial charge is 0.391 e. The summed E-state index contributed by atoms with van der Waals surface area (Å²) in [6.07, 6.45) is 8.43. The number of hydrogen-bond acceptors (Lipinski definition) is 3. The van der Waals surface area contributed by atoms with Gasteiger partial charge in [0.1, 0.15) is 0 Å². The standard InChI is InChI=1S/C11H19NO2/c1-8(12)11(13)7-9-3-5-10(14-2)6-4-9/h3-6,8-11,13H,7,12H2,1-2H3/t8-,9?,10?,11-/m0/s1. The van der Waals surface area contributed by atoms with Crippen molar-refractivity contribution in [1.82, 2.24) is 0 Å². The lowest BCUT2D eigenvalue weighted by Crippen LogP contribution is -2.32. The molecule has 0 unspecified atom stereocenters. The van der Waals surface area contributed by atoms with E-state index in [1.54, 1.807) is 7.11 Å². The van der Waals surface area contributed by atoms with Gasteiger partial charge in [-0.2, -0.15) is 0 Å². The molecule has 2 atom stereocenters. The first-order valence-electron chi connectivity index (χ1n) is 4.96. The van der Waals surface area contributed by atoms with Crippen LogP contribution in [0.4, 0.5) is 0 Å². The molecule has 0 fully saturated rings. The molecule has 0 radical (unpaired) electrons. The van der Waals surface area contributed by atoms with Gasteiger partial charge in [-0.1, -0.05) is 24.3 Å². The minimum absolute atomic E-state index is 0.0821. The summed E-state index contributed by atoms with van der Waals surface area (Å²) < 4.78 is 5.13. The molecule has 0 saturated heterocycles. The summed E-state index contributed by atoms with van der Waals surface area (Å²) in [7, 11) is 1.68. The van der Waals surface area contributed by atoms with E-state index in [0.717, 1.165) is 0 Å². The van der Waals surface area contributed by atoms with Crippen LogP contribution >= 0.6 is 0 Å². The molecule has 0 spiro atoms. The van der Waals surface area contributed by atoms with Gasteiger partial charge in [0.25, 0.3) is 0 Å². The molecule has 1 aliphatic carbocycles. The normalized spacial score (nSPS) is 30.3. The van der Waals surface area contributed by atoms with Crippen LogP contribution in [0.3, 0.4) is 0 Å². The van der Waals surface area contributed by atoms with Gasteiger partial charge in [-0.05, 0) is 19.3 Å². The fraction of sp³-hybridized carbons (Fsp3) is 0.636. The molecule has 1 aliphatic rings. The van der Waals surface area contributed by atoms with Gasteiger partial charge in [-0.25, -0.2) is 0 Å². The smallest absolute Gasteiger partial charge is 0.0934 e. The predicted octanol–water partition coefficient (Wildman–Crippen LogP) is 0.842. The average molecular weight is 197 g/mol. The average Bonchev–Trinajstić information content (AvgIpc) is 2.19. The zero-order valence-corrected chi connectivity index (χ0v) is 8.76. The summed E-state index contributed by atoms with van der Waals surface area (Å²) in [5.41, 5.74) is 5.58. The van der Waals surface area contributed by atoms with Crippen molar-refractivity contribution in [3.8, 4) is 0 Å². The summed E-state index contributed by atoms with van der Waals surface area (Å²) in [5, 5.41) is 9.58. The Hall–Kier alpha value is -0.640. The first-order chi connectivity index (χ1) is 6.63. The molecule has 0 aromatic rings. The molecule has 3 heteroatoms. The van der Waals surface area contributed by atoms with Crippen LogP contribution in [0.2, 0.25) is 0 Å². The monoisotopic (exact) mass is 197 g/mol. The molecular formula is C11H19NO2. The number of rotatable bonds is 4. The van der Waals surface area contributed by atoms with E-state index in [4.69, 9.17) is 10.5 Å². The minimum Gasteiger partial charge on any atom is -0.391 e. The third kappa shape index (κ3) is 3.25. The van der Waals surface area contributed by atoms with Crippen LogP contribution in [0.25, 0.3) is 0 Å². The number of aliphatic hydroxyl groups excluding tert-OH is 1. The second kappa shape index (κ2) is 5.29. The Morgan fingerprint density at radius 1 is 1.36 bits per heavy atom. The summed E-state index contributed by atoms with van der Waals surface area (Å²) in [4.78, 5) is 0. The predicted molar refractivity (Wildman–Crippen MR) is 56.8 cm³/mol. The van der Waals surface area contributed by atoms with Crippen molar-refractivity contribution in [3.63, 3.8) is 0 Å². The van der Waals surface area contributed by atoms with Crippen molar-refractivity contribution in [2.75, 3.05) is 7.11 Å². The Morgan fingerprint density at radius 3 is 2.36 bits per heavy atom.